The van der Waals surface area contributed by atoms with Crippen molar-refractivity contribution in [3.8, 4) is 5.75 Å². The average molecular weight is 384 g/mol. The summed E-state index contributed by atoms with van der Waals surface area (Å²) in [5.74, 6) is 0.324. The highest BCUT2D eigenvalue weighted by molar-refractivity contribution is 6.04. The van der Waals surface area contributed by atoms with Crippen molar-refractivity contribution in [2.24, 2.45) is 0 Å². The summed E-state index contributed by atoms with van der Waals surface area (Å²) in [7, 11) is 1.56. The average Bonchev–Trinajstić information content (AvgIpc) is 3.11. The number of fused-ring (bicyclic) bond motifs is 1. The second-order valence-corrected chi connectivity index (χ2v) is 6.96. The molecule has 150 valence electrons. The van der Waals surface area contributed by atoms with E-state index >= 15 is 0 Å². The van der Waals surface area contributed by atoms with Gasteiger partial charge in [0.25, 0.3) is 11.8 Å². The number of ether oxygens (including phenoxy) is 1. The number of amides is 2. The third kappa shape index (κ3) is 4.35. The lowest BCUT2D eigenvalue weighted by Gasteiger charge is -2.17. The molecule has 0 radical (unpaired) electrons. The first-order valence-electron chi connectivity index (χ1n) is 9.97. The first-order chi connectivity index (χ1) is 13.7. The molecule has 7 nitrogen and oxygen atoms in total. The van der Waals surface area contributed by atoms with Gasteiger partial charge in [0.2, 0.25) is 0 Å². The van der Waals surface area contributed by atoms with Crippen LogP contribution in [0.4, 0.5) is 5.69 Å². The lowest BCUT2D eigenvalue weighted by molar-refractivity contribution is 0.0947. The molecule has 0 bridgehead atoms. The first-order valence-corrected chi connectivity index (χ1v) is 9.97. The molecule has 28 heavy (non-hydrogen) atoms. The molecular weight excluding hydrogens is 356 g/mol. The van der Waals surface area contributed by atoms with Crippen molar-refractivity contribution in [3.63, 3.8) is 0 Å². The minimum absolute atomic E-state index is 0.196. The minimum Gasteiger partial charge on any atom is -0.495 e. The topological polar surface area (TPSA) is 85.2 Å². The summed E-state index contributed by atoms with van der Waals surface area (Å²) < 4.78 is 7.18. The normalized spacial score (nSPS) is 12.9. The molecule has 0 spiro atoms. The molecule has 0 atom stereocenters. The van der Waals surface area contributed by atoms with E-state index in [9.17, 15) is 9.59 Å². The molecule has 0 aliphatic carbocycles. The number of aromatic nitrogens is 2. The molecule has 1 aromatic carbocycles. The van der Waals surface area contributed by atoms with Gasteiger partial charge >= 0.3 is 0 Å². The summed E-state index contributed by atoms with van der Waals surface area (Å²) in [5.41, 5.74) is 1.81. The van der Waals surface area contributed by atoms with E-state index in [0.717, 1.165) is 44.2 Å². The maximum Gasteiger partial charge on any atom is 0.291 e. The van der Waals surface area contributed by atoms with Crippen LogP contribution >= 0.6 is 0 Å². The van der Waals surface area contributed by atoms with E-state index in [0.29, 0.717) is 30.2 Å². The van der Waals surface area contributed by atoms with Gasteiger partial charge in [-0.1, -0.05) is 31.9 Å². The fourth-order valence-corrected chi connectivity index (χ4v) is 3.48. The minimum atomic E-state index is -0.335. The predicted octanol–water partition coefficient (Wildman–Crippen LogP) is 3.40. The Morgan fingerprint density at radius 1 is 1.18 bits per heavy atom. The fraction of sp³-hybridized carbons (Fsp3) is 0.476. The van der Waals surface area contributed by atoms with Gasteiger partial charge in [0.1, 0.15) is 11.4 Å². The van der Waals surface area contributed by atoms with Crippen LogP contribution in [0.1, 0.15) is 65.8 Å². The highest BCUT2D eigenvalue weighted by Crippen LogP contribution is 2.25. The Balaban J connectivity index is 1.82. The second kappa shape index (κ2) is 9.39. The van der Waals surface area contributed by atoms with E-state index in [1.165, 1.54) is 0 Å². The van der Waals surface area contributed by atoms with E-state index in [1.54, 1.807) is 19.2 Å². The smallest absolute Gasteiger partial charge is 0.291 e. The summed E-state index contributed by atoms with van der Waals surface area (Å²) >= 11 is 0. The van der Waals surface area contributed by atoms with E-state index in [-0.39, 0.29) is 17.6 Å². The lowest BCUT2D eigenvalue weighted by atomic mass is 10.1. The van der Waals surface area contributed by atoms with Gasteiger partial charge in [-0.05, 0) is 37.8 Å². The van der Waals surface area contributed by atoms with Crippen LogP contribution in [0, 0.1) is 0 Å². The Hall–Kier alpha value is -2.83. The van der Waals surface area contributed by atoms with Gasteiger partial charge in [0, 0.05) is 13.1 Å². The predicted molar refractivity (Wildman–Crippen MR) is 108 cm³/mol. The molecule has 2 amide bonds. The van der Waals surface area contributed by atoms with Crippen LogP contribution in [0.3, 0.4) is 0 Å². The zero-order valence-electron chi connectivity index (χ0n) is 16.6. The number of rotatable bonds is 8. The SMILES string of the molecule is CCCCCNC(=O)c1nc(C(=O)Nc2ccccc2OC)n2c1CCCC2. The summed E-state index contributed by atoms with van der Waals surface area (Å²) in [4.78, 5) is 30.0. The molecule has 2 heterocycles. The number of anilines is 1. The van der Waals surface area contributed by atoms with E-state index in [2.05, 4.69) is 22.5 Å². The number of nitrogens with zero attached hydrogens (tertiary/aromatic N) is 2. The van der Waals surface area contributed by atoms with Crippen LogP contribution in [0.2, 0.25) is 0 Å². The first kappa shape index (κ1) is 19.9. The molecule has 1 aliphatic heterocycles. The van der Waals surface area contributed by atoms with Crippen LogP contribution in [-0.4, -0.2) is 35.0 Å². The Morgan fingerprint density at radius 2 is 2.00 bits per heavy atom. The third-order valence-corrected chi connectivity index (χ3v) is 4.96. The zero-order chi connectivity index (χ0) is 19.9. The molecule has 1 aliphatic rings. The summed E-state index contributed by atoms with van der Waals surface area (Å²) in [5, 5.41) is 5.80. The number of nitrogens with one attached hydrogen (secondary N) is 2. The van der Waals surface area contributed by atoms with Crippen molar-refractivity contribution in [1.82, 2.24) is 14.9 Å². The molecule has 7 heteroatoms. The molecule has 1 aromatic heterocycles. The highest BCUT2D eigenvalue weighted by atomic mass is 16.5. The van der Waals surface area contributed by atoms with Gasteiger partial charge in [-0.15, -0.1) is 0 Å². The number of benzene rings is 1. The zero-order valence-corrected chi connectivity index (χ0v) is 16.6. The summed E-state index contributed by atoms with van der Waals surface area (Å²) in [6, 6.07) is 7.23. The number of hydrogen-bond donors (Lipinski definition) is 2. The third-order valence-electron chi connectivity index (χ3n) is 4.96. The highest BCUT2D eigenvalue weighted by Gasteiger charge is 2.27. The number of unbranched alkanes of at least 4 members (excludes halogenated alkanes) is 2. The summed E-state index contributed by atoms with van der Waals surface area (Å²) in [6.45, 7) is 3.45. The molecule has 0 unspecified atom stereocenters. The van der Waals surface area contributed by atoms with Gasteiger partial charge in [-0.25, -0.2) is 4.98 Å². The van der Waals surface area contributed by atoms with Crippen molar-refractivity contribution in [1.29, 1.82) is 0 Å². The van der Waals surface area contributed by atoms with Crippen molar-refractivity contribution in [3.05, 3.63) is 41.5 Å². The van der Waals surface area contributed by atoms with Gasteiger partial charge in [-0.2, -0.15) is 0 Å². The molecule has 0 saturated carbocycles. The van der Waals surface area contributed by atoms with Gasteiger partial charge in [0.15, 0.2) is 5.82 Å². The Bertz CT molecular complexity index is 844. The van der Waals surface area contributed by atoms with Crippen molar-refractivity contribution < 1.29 is 14.3 Å². The monoisotopic (exact) mass is 384 g/mol. The number of carbonyl (C=O) groups is 2. The van der Waals surface area contributed by atoms with Crippen LogP contribution in [0.15, 0.2) is 24.3 Å². The van der Waals surface area contributed by atoms with Crippen LogP contribution < -0.4 is 15.4 Å². The van der Waals surface area contributed by atoms with E-state index in [4.69, 9.17) is 4.74 Å². The number of carbonyl (C=O) groups excluding carboxylic acids is 2. The number of methoxy groups -OCH3 is 1. The molecule has 0 saturated heterocycles. The molecule has 3 rings (SSSR count). The molecule has 2 N–H and O–H groups in total. The van der Waals surface area contributed by atoms with Gasteiger partial charge in [0.05, 0.1) is 18.5 Å². The lowest BCUT2D eigenvalue weighted by Crippen LogP contribution is -2.26. The van der Waals surface area contributed by atoms with Crippen LogP contribution in [0.5, 0.6) is 5.75 Å². The number of para-hydroxylation sites is 2. The van der Waals surface area contributed by atoms with E-state index in [1.807, 2.05) is 16.7 Å². The fourth-order valence-electron chi connectivity index (χ4n) is 3.48. The van der Waals surface area contributed by atoms with Crippen LogP contribution in [0.25, 0.3) is 0 Å². The van der Waals surface area contributed by atoms with Gasteiger partial charge in [-0.3, -0.25) is 9.59 Å². The molecule has 2 aromatic rings. The van der Waals surface area contributed by atoms with E-state index < -0.39 is 0 Å². The largest absolute Gasteiger partial charge is 0.495 e. The van der Waals surface area contributed by atoms with Crippen molar-refractivity contribution >= 4 is 17.5 Å². The second-order valence-electron chi connectivity index (χ2n) is 6.96. The Labute approximate surface area is 165 Å². The molecular formula is C21H28N4O3. The van der Waals surface area contributed by atoms with Crippen molar-refractivity contribution in [2.45, 2.75) is 52.0 Å². The molecule has 0 fully saturated rings. The Morgan fingerprint density at radius 3 is 2.79 bits per heavy atom. The maximum atomic E-state index is 12.9. The number of hydrogen-bond acceptors (Lipinski definition) is 4. The summed E-state index contributed by atoms with van der Waals surface area (Å²) in [6.07, 6.45) is 5.84. The number of imidazole rings is 1. The maximum absolute atomic E-state index is 12.9. The standard InChI is InChI=1S/C21H28N4O3/c1-3-4-8-13-22-20(26)18-16-11-7-9-14-25(16)19(24-18)21(27)23-15-10-5-6-12-17(15)28-2/h5-6,10,12H,3-4,7-9,11,13-14H2,1-2H3,(H,22,26)(H,23,27). The Kier molecular flexibility index (Phi) is 6.68. The quantitative estimate of drug-likeness (QED) is 0.683. The van der Waals surface area contributed by atoms with Crippen LogP contribution in [-0.2, 0) is 13.0 Å². The van der Waals surface area contributed by atoms with Crippen molar-refractivity contribution in [2.75, 3.05) is 19.0 Å². The van der Waals surface area contributed by atoms with Gasteiger partial charge < -0.3 is 19.9 Å².